The molecular formula is C14H23N3O3S. The van der Waals surface area contributed by atoms with Crippen molar-refractivity contribution in [2.24, 2.45) is 5.92 Å². The molecule has 1 aliphatic rings. The van der Waals surface area contributed by atoms with Crippen LogP contribution in [0, 0.1) is 5.92 Å². The standard InChI is InChI=1S/C14H23N3O3S/c1-21(19,20)13-3-2-6-15-14(13)16-11-12-4-7-17(8-5-12)9-10-18/h2-3,6,12,18H,4-5,7-11H2,1H3,(H,15,16). The molecule has 1 saturated heterocycles. The number of nitrogens with zero attached hydrogens (tertiary/aromatic N) is 2. The Morgan fingerprint density at radius 1 is 1.43 bits per heavy atom. The maximum absolute atomic E-state index is 11.7. The average Bonchev–Trinajstić information content (AvgIpc) is 2.46. The Labute approximate surface area is 126 Å². The smallest absolute Gasteiger partial charge is 0.179 e. The molecule has 2 rings (SSSR count). The minimum Gasteiger partial charge on any atom is -0.395 e. The van der Waals surface area contributed by atoms with Crippen LogP contribution in [0.3, 0.4) is 0 Å². The number of sulfone groups is 1. The van der Waals surface area contributed by atoms with Crippen molar-refractivity contribution >= 4 is 15.7 Å². The molecule has 0 aliphatic carbocycles. The van der Waals surface area contributed by atoms with E-state index in [2.05, 4.69) is 15.2 Å². The molecule has 118 valence electrons. The van der Waals surface area contributed by atoms with Gasteiger partial charge in [-0.25, -0.2) is 13.4 Å². The molecule has 2 N–H and O–H groups in total. The molecule has 2 heterocycles. The number of β-amino-alcohol motifs (C(OH)–C–C–N with tert-alkyl or cyclic N) is 1. The number of hydrogen-bond acceptors (Lipinski definition) is 6. The van der Waals surface area contributed by atoms with Crippen molar-refractivity contribution < 1.29 is 13.5 Å². The molecule has 0 bridgehead atoms. The van der Waals surface area contributed by atoms with Crippen LogP contribution in [0.1, 0.15) is 12.8 Å². The minimum absolute atomic E-state index is 0.203. The largest absolute Gasteiger partial charge is 0.395 e. The molecule has 0 aromatic carbocycles. The normalized spacial score (nSPS) is 17.8. The monoisotopic (exact) mass is 313 g/mol. The zero-order valence-electron chi connectivity index (χ0n) is 12.3. The maximum Gasteiger partial charge on any atom is 0.179 e. The van der Waals surface area contributed by atoms with Crippen molar-refractivity contribution in [3.05, 3.63) is 18.3 Å². The third-order valence-corrected chi connectivity index (χ3v) is 4.98. The summed E-state index contributed by atoms with van der Waals surface area (Å²) in [6, 6.07) is 3.21. The molecule has 1 aliphatic heterocycles. The van der Waals surface area contributed by atoms with E-state index in [1.54, 1.807) is 18.3 Å². The molecule has 6 nitrogen and oxygen atoms in total. The highest BCUT2D eigenvalue weighted by Gasteiger charge is 2.20. The second kappa shape index (κ2) is 7.20. The van der Waals surface area contributed by atoms with Gasteiger partial charge in [-0.3, -0.25) is 0 Å². The minimum atomic E-state index is -3.26. The molecular weight excluding hydrogens is 290 g/mol. The van der Waals surface area contributed by atoms with E-state index in [0.29, 0.717) is 11.7 Å². The fraction of sp³-hybridized carbons (Fsp3) is 0.643. The van der Waals surface area contributed by atoms with Gasteiger partial charge in [0.2, 0.25) is 0 Å². The molecule has 21 heavy (non-hydrogen) atoms. The van der Waals surface area contributed by atoms with Crippen LogP contribution >= 0.6 is 0 Å². The van der Waals surface area contributed by atoms with Crippen LogP contribution in [0.15, 0.2) is 23.2 Å². The first-order valence-corrected chi connectivity index (χ1v) is 9.12. The van der Waals surface area contributed by atoms with Gasteiger partial charge in [0.05, 0.1) is 6.61 Å². The van der Waals surface area contributed by atoms with Crippen molar-refractivity contribution in [1.29, 1.82) is 0 Å². The Bertz CT molecular complexity index is 554. The Balaban J connectivity index is 1.90. The zero-order chi connectivity index (χ0) is 15.3. The van der Waals surface area contributed by atoms with E-state index in [1.165, 1.54) is 6.26 Å². The topological polar surface area (TPSA) is 82.5 Å². The number of pyridine rings is 1. The summed E-state index contributed by atoms with van der Waals surface area (Å²) < 4.78 is 23.4. The van der Waals surface area contributed by atoms with Gasteiger partial charge >= 0.3 is 0 Å². The number of hydrogen-bond donors (Lipinski definition) is 2. The first-order chi connectivity index (χ1) is 10.0. The fourth-order valence-electron chi connectivity index (χ4n) is 2.62. The lowest BCUT2D eigenvalue weighted by atomic mass is 9.97. The van der Waals surface area contributed by atoms with E-state index < -0.39 is 9.84 Å². The number of anilines is 1. The maximum atomic E-state index is 11.7. The van der Waals surface area contributed by atoms with Crippen LogP contribution in [0.5, 0.6) is 0 Å². The Kier molecular flexibility index (Phi) is 5.55. The lowest BCUT2D eigenvalue weighted by Gasteiger charge is -2.31. The van der Waals surface area contributed by atoms with Crippen molar-refractivity contribution in [3.8, 4) is 0 Å². The molecule has 0 amide bonds. The molecule has 1 aromatic heterocycles. The third kappa shape index (κ3) is 4.66. The van der Waals surface area contributed by atoms with Gasteiger partial charge in [-0.1, -0.05) is 0 Å². The number of aliphatic hydroxyl groups is 1. The molecule has 0 radical (unpaired) electrons. The Morgan fingerprint density at radius 2 is 2.14 bits per heavy atom. The summed E-state index contributed by atoms with van der Waals surface area (Å²) in [6.07, 6.45) is 4.89. The van der Waals surface area contributed by atoms with Crippen molar-refractivity contribution in [3.63, 3.8) is 0 Å². The van der Waals surface area contributed by atoms with Gasteiger partial charge in [-0.15, -0.1) is 0 Å². The molecule has 1 fully saturated rings. The van der Waals surface area contributed by atoms with E-state index in [9.17, 15) is 8.42 Å². The third-order valence-electron chi connectivity index (χ3n) is 3.85. The Hall–Kier alpha value is -1.18. The first-order valence-electron chi connectivity index (χ1n) is 7.23. The number of aliphatic hydroxyl groups excluding tert-OH is 1. The number of aromatic nitrogens is 1. The fourth-order valence-corrected chi connectivity index (χ4v) is 3.42. The lowest BCUT2D eigenvalue weighted by molar-refractivity contribution is 0.151. The van der Waals surface area contributed by atoms with Crippen molar-refractivity contribution in [1.82, 2.24) is 9.88 Å². The molecule has 7 heteroatoms. The number of rotatable bonds is 6. The summed E-state index contributed by atoms with van der Waals surface area (Å²) in [6.45, 7) is 3.63. The molecule has 0 unspecified atom stereocenters. The number of nitrogens with one attached hydrogen (secondary N) is 1. The van der Waals surface area contributed by atoms with E-state index in [1.807, 2.05) is 0 Å². The number of likely N-dealkylation sites (tertiary alicyclic amines) is 1. The van der Waals surface area contributed by atoms with E-state index >= 15 is 0 Å². The molecule has 0 spiro atoms. The van der Waals surface area contributed by atoms with Gasteiger partial charge in [0.1, 0.15) is 10.7 Å². The van der Waals surface area contributed by atoms with E-state index in [0.717, 1.165) is 39.0 Å². The van der Waals surface area contributed by atoms with Crippen molar-refractivity contribution in [2.45, 2.75) is 17.7 Å². The second-order valence-corrected chi connectivity index (χ2v) is 7.50. The van der Waals surface area contributed by atoms with Crippen LogP contribution in [-0.4, -0.2) is 62.4 Å². The summed E-state index contributed by atoms with van der Waals surface area (Å²) in [5.74, 6) is 0.951. The Morgan fingerprint density at radius 3 is 2.76 bits per heavy atom. The highest BCUT2D eigenvalue weighted by atomic mass is 32.2. The summed E-state index contributed by atoms with van der Waals surface area (Å²) in [4.78, 5) is 6.64. The first kappa shape index (κ1) is 16.2. The zero-order valence-corrected chi connectivity index (χ0v) is 13.1. The van der Waals surface area contributed by atoms with Crippen molar-refractivity contribution in [2.75, 3.05) is 44.4 Å². The van der Waals surface area contributed by atoms with Crippen LogP contribution in [-0.2, 0) is 9.84 Å². The lowest BCUT2D eigenvalue weighted by Crippen LogP contribution is -2.37. The SMILES string of the molecule is CS(=O)(=O)c1cccnc1NCC1CCN(CCO)CC1. The van der Waals surface area contributed by atoms with Gasteiger partial charge in [0.15, 0.2) is 9.84 Å². The summed E-state index contributed by atoms with van der Waals surface area (Å²) in [7, 11) is -3.26. The highest BCUT2D eigenvalue weighted by molar-refractivity contribution is 7.90. The molecule has 0 saturated carbocycles. The van der Waals surface area contributed by atoms with E-state index in [4.69, 9.17) is 5.11 Å². The van der Waals surface area contributed by atoms with Crippen LogP contribution in [0.25, 0.3) is 0 Å². The van der Waals surface area contributed by atoms with Gasteiger partial charge < -0.3 is 15.3 Å². The van der Waals surface area contributed by atoms with Gasteiger partial charge in [0.25, 0.3) is 0 Å². The predicted molar refractivity (Wildman–Crippen MR) is 82.1 cm³/mol. The van der Waals surface area contributed by atoms with Gasteiger partial charge in [0, 0.05) is 25.5 Å². The van der Waals surface area contributed by atoms with Crippen LogP contribution in [0.2, 0.25) is 0 Å². The second-order valence-electron chi connectivity index (χ2n) is 5.51. The summed E-state index contributed by atoms with van der Waals surface area (Å²) in [5.41, 5.74) is 0. The van der Waals surface area contributed by atoms with E-state index in [-0.39, 0.29) is 11.5 Å². The highest BCUT2D eigenvalue weighted by Crippen LogP contribution is 2.21. The van der Waals surface area contributed by atoms with Crippen LogP contribution < -0.4 is 5.32 Å². The van der Waals surface area contributed by atoms with Gasteiger partial charge in [-0.2, -0.15) is 0 Å². The summed E-state index contributed by atoms with van der Waals surface area (Å²) in [5, 5.41) is 12.1. The molecule has 1 aromatic rings. The van der Waals surface area contributed by atoms with Crippen LogP contribution in [0.4, 0.5) is 5.82 Å². The quantitative estimate of drug-likeness (QED) is 0.800. The molecule has 0 atom stereocenters. The van der Waals surface area contributed by atoms with Gasteiger partial charge in [-0.05, 0) is 44.0 Å². The average molecular weight is 313 g/mol. The predicted octanol–water partition coefficient (Wildman–Crippen LogP) is 0.601. The summed E-state index contributed by atoms with van der Waals surface area (Å²) >= 11 is 0. The number of piperidine rings is 1.